The van der Waals surface area contributed by atoms with Crippen molar-refractivity contribution in [3.63, 3.8) is 0 Å². The van der Waals surface area contributed by atoms with Gasteiger partial charge >= 0.3 is 0 Å². The molecule has 1 rings (SSSR count). The second kappa shape index (κ2) is 4.55. The van der Waals surface area contributed by atoms with E-state index in [2.05, 4.69) is 4.98 Å². The number of carbonyl (C=O) groups excluding carboxylic acids is 1. The minimum atomic E-state index is -0.409. The number of nitrogens with two attached hydrogens (primary N) is 1. The molecule has 0 saturated heterocycles. The standard InChI is InChI=1S/C10H16N2OS/c1-3-10(4-2,9(11)13)5-8-6-14-7-12-8/h6-7H,3-5H2,1-2H3,(H2,11,13). The summed E-state index contributed by atoms with van der Waals surface area (Å²) >= 11 is 1.55. The van der Waals surface area contributed by atoms with E-state index in [1.54, 1.807) is 16.8 Å². The topological polar surface area (TPSA) is 56.0 Å². The molecule has 1 heterocycles. The molecule has 0 spiro atoms. The van der Waals surface area contributed by atoms with Crippen LogP contribution in [0.25, 0.3) is 0 Å². The van der Waals surface area contributed by atoms with Gasteiger partial charge in [0, 0.05) is 11.8 Å². The maximum Gasteiger partial charge on any atom is 0.224 e. The molecule has 0 aliphatic carbocycles. The Hall–Kier alpha value is -0.900. The quantitative estimate of drug-likeness (QED) is 0.811. The van der Waals surface area contributed by atoms with Crippen molar-refractivity contribution in [1.29, 1.82) is 0 Å². The Kier molecular flexibility index (Phi) is 3.63. The number of thiazole rings is 1. The first-order chi connectivity index (χ1) is 6.64. The summed E-state index contributed by atoms with van der Waals surface area (Å²) < 4.78 is 0. The molecule has 0 aromatic carbocycles. The van der Waals surface area contributed by atoms with Gasteiger partial charge < -0.3 is 5.73 Å². The summed E-state index contributed by atoms with van der Waals surface area (Å²) in [6.45, 7) is 4.00. The monoisotopic (exact) mass is 212 g/mol. The van der Waals surface area contributed by atoms with Gasteiger partial charge in [-0.05, 0) is 12.8 Å². The van der Waals surface area contributed by atoms with Crippen molar-refractivity contribution in [3.05, 3.63) is 16.6 Å². The van der Waals surface area contributed by atoms with E-state index in [4.69, 9.17) is 5.73 Å². The third kappa shape index (κ3) is 2.12. The molecule has 3 nitrogen and oxygen atoms in total. The fourth-order valence-corrected chi connectivity index (χ4v) is 2.17. The van der Waals surface area contributed by atoms with Gasteiger partial charge in [0.25, 0.3) is 0 Å². The van der Waals surface area contributed by atoms with Crippen LogP contribution in [0.5, 0.6) is 0 Å². The average Bonchev–Trinajstić information content (AvgIpc) is 2.66. The molecule has 0 unspecified atom stereocenters. The number of amides is 1. The fourth-order valence-electron chi connectivity index (χ4n) is 1.61. The van der Waals surface area contributed by atoms with Crippen molar-refractivity contribution >= 4 is 17.2 Å². The van der Waals surface area contributed by atoms with Gasteiger partial charge in [-0.25, -0.2) is 4.98 Å². The number of aromatic nitrogens is 1. The van der Waals surface area contributed by atoms with Crippen molar-refractivity contribution in [2.24, 2.45) is 11.1 Å². The van der Waals surface area contributed by atoms with Crippen LogP contribution in [-0.2, 0) is 11.2 Å². The van der Waals surface area contributed by atoms with Crippen LogP contribution in [-0.4, -0.2) is 10.9 Å². The molecular formula is C10H16N2OS. The molecule has 0 saturated carbocycles. The van der Waals surface area contributed by atoms with Crippen molar-refractivity contribution in [1.82, 2.24) is 4.98 Å². The number of carbonyl (C=O) groups is 1. The Bertz CT molecular complexity index is 291. The van der Waals surface area contributed by atoms with E-state index >= 15 is 0 Å². The number of nitrogens with zero attached hydrogens (tertiary/aromatic N) is 1. The third-order valence-electron chi connectivity index (χ3n) is 2.88. The molecule has 1 aromatic heterocycles. The first-order valence-electron chi connectivity index (χ1n) is 4.81. The Balaban J connectivity index is 2.83. The van der Waals surface area contributed by atoms with E-state index in [-0.39, 0.29) is 5.91 Å². The lowest BCUT2D eigenvalue weighted by Gasteiger charge is -2.26. The first-order valence-corrected chi connectivity index (χ1v) is 5.76. The highest BCUT2D eigenvalue weighted by Crippen LogP contribution is 2.30. The van der Waals surface area contributed by atoms with E-state index in [0.29, 0.717) is 6.42 Å². The fraction of sp³-hybridized carbons (Fsp3) is 0.600. The van der Waals surface area contributed by atoms with Crippen LogP contribution in [0.15, 0.2) is 10.9 Å². The van der Waals surface area contributed by atoms with Gasteiger partial charge in [0.1, 0.15) is 0 Å². The summed E-state index contributed by atoms with van der Waals surface area (Å²) in [6, 6.07) is 0. The largest absolute Gasteiger partial charge is 0.369 e. The highest BCUT2D eigenvalue weighted by Gasteiger charge is 2.33. The average molecular weight is 212 g/mol. The zero-order chi connectivity index (χ0) is 10.6. The van der Waals surface area contributed by atoms with E-state index in [1.807, 2.05) is 19.2 Å². The molecule has 2 N–H and O–H groups in total. The van der Waals surface area contributed by atoms with Crippen LogP contribution in [0.2, 0.25) is 0 Å². The number of primary amides is 1. The molecule has 0 aliphatic rings. The van der Waals surface area contributed by atoms with Gasteiger partial charge in [-0.1, -0.05) is 13.8 Å². The highest BCUT2D eigenvalue weighted by atomic mass is 32.1. The molecule has 1 amide bonds. The van der Waals surface area contributed by atoms with Gasteiger partial charge in [0.2, 0.25) is 5.91 Å². The predicted octanol–water partition coefficient (Wildman–Crippen LogP) is 1.98. The van der Waals surface area contributed by atoms with Gasteiger partial charge in [-0.3, -0.25) is 4.79 Å². The van der Waals surface area contributed by atoms with Crippen molar-refractivity contribution in [3.8, 4) is 0 Å². The molecule has 0 bridgehead atoms. The highest BCUT2D eigenvalue weighted by molar-refractivity contribution is 7.07. The molecule has 0 atom stereocenters. The SMILES string of the molecule is CCC(CC)(Cc1cscn1)C(N)=O. The van der Waals surface area contributed by atoms with E-state index in [1.165, 1.54) is 0 Å². The van der Waals surface area contributed by atoms with Gasteiger partial charge in [-0.2, -0.15) is 0 Å². The molecule has 0 aliphatic heterocycles. The lowest BCUT2D eigenvalue weighted by molar-refractivity contribution is -0.128. The van der Waals surface area contributed by atoms with Crippen LogP contribution >= 0.6 is 11.3 Å². The van der Waals surface area contributed by atoms with E-state index < -0.39 is 5.41 Å². The molecule has 14 heavy (non-hydrogen) atoms. The first kappa shape index (κ1) is 11.2. The zero-order valence-corrected chi connectivity index (χ0v) is 9.43. The minimum Gasteiger partial charge on any atom is -0.369 e. The normalized spacial score (nSPS) is 11.6. The minimum absolute atomic E-state index is 0.212. The van der Waals surface area contributed by atoms with Crippen LogP contribution in [0, 0.1) is 5.41 Å². The Morgan fingerprint density at radius 1 is 1.57 bits per heavy atom. The van der Waals surface area contributed by atoms with Crippen molar-refractivity contribution in [2.45, 2.75) is 33.1 Å². The maximum atomic E-state index is 11.4. The molecule has 0 fully saturated rings. The second-order valence-electron chi connectivity index (χ2n) is 3.51. The summed E-state index contributed by atoms with van der Waals surface area (Å²) in [5, 5.41) is 1.98. The molecule has 78 valence electrons. The van der Waals surface area contributed by atoms with Crippen LogP contribution in [0.1, 0.15) is 32.4 Å². The summed E-state index contributed by atoms with van der Waals surface area (Å²) in [5.74, 6) is -0.212. The lowest BCUT2D eigenvalue weighted by Crippen LogP contribution is -2.38. The summed E-state index contributed by atoms with van der Waals surface area (Å²) in [7, 11) is 0. The Labute approximate surface area is 88.3 Å². The number of rotatable bonds is 5. The van der Waals surface area contributed by atoms with Crippen LogP contribution in [0.3, 0.4) is 0 Å². The Morgan fingerprint density at radius 3 is 2.57 bits per heavy atom. The number of hydrogen-bond donors (Lipinski definition) is 1. The van der Waals surface area contributed by atoms with Gasteiger partial charge in [0.05, 0.1) is 16.6 Å². The summed E-state index contributed by atoms with van der Waals surface area (Å²) in [4.78, 5) is 15.6. The third-order valence-corrected chi connectivity index (χ3v) is 3.51. The summed E-state index contributed by atoms with van der Waals surface area (Å²) in [6.07, 6.45) is 2.21. The van der Waals surface area contributed by atoms with Crippen LogP contribution in [0.4, 0.5) is 0 Å². The molecule has 4 heteroatoms. The molecule has 1 aromatic rings. The zero-order valence-electron chi connectivity index (χ0n) is 8.62. The molecule has 0 radical (unpaired) electrons. The maximum absolute atomic E-state index is 11.4. The second-order valence-corrected chi connectivity index (χ2v) is 4.23. The van der Waals surface area contributed by atoms with Crippen LogP contribution < -0.4 is 5.73 Å². The van der Waals surface area contributed by atoms with E-state index in [0.717, 1.165) is 18.5 Å². The lowest BCUT2D eigenvalue weighted by atomic mass is 9.78. The molecular weight excluding hydrogens is 196 g/mol. The smallest absolute Gasteiger partial charge is 0.224 e. The van der Waals surface area contributed by atoms with Crippen molar-refractivity contribution in [2.75, 3.05) is 0 Å². The van der Waals surface area contributed by atoms with Crippen molar-refractivity contribution < 1.29 is 4.79 Å². The Morgan fingerprint density at radius 2 is 2.21 bits per heavy atom. The van der Waals surface area contributed by atoms with Gasteiger partial charge in [-0.15, -0.1) is 11.3 Å². The van der Waals surface area contributed by atoms with E-state index in [9.17, 15) is 4.79 Å². The van der Waals surface area contributed by atoms with Gasteiger partial charge in [0.15, 0.2) is 0 Å². The number of hydrogen-bond acceptors (Lipinski definition) is 3. The predicted molar refractivity (Wildman–Crippen MR) is 58.0 cm³/mol. The summed E-state index contributed by atoms with van der Waals surface area (Å²) in [5.41, 5.74) is 7.79.